The maximum atomic E-state index is 7.48. The van der Waals surface area contributed by atoms with Gasteiger partial charge in [0.2, 0.25) is 5.90 Å². The number of hydrogen-bond donors (Lipinski definition) is 1. The van der Waals surface area contributed by atoms with Gasteiger partial charge in [0.25, 0.3) is 0 Å². The Morgan fingerprint density at radius 2 is 2.00 bits per heavy atom. The molecule has 0 radical (unpaired) electrons. The van der Waals surface area contributed by atoms with Gasteiger partial charge in [-0.3, -0.25) is 5.41 Å². The van der Waals surface area contributed by atoms with Crippen LogP contribution in [0.15, 0.2) is 24.3 Å². The van der Waals surface area contributed by atoms with Crippen molar-refractivity contribution in [1.29, 1.82) is 5.41 Å². The molecule has 1 rings (SSSR count). The highest BCUT2D eigenvalue weighted by Crippen LogP contribution is 1.98. The van der Waals surface area contributed by atoms with Crippen LogP contribution in [0.25, 0.3) is 0 Å². The minimum atomic E-state index is 0.248. The van der Waals surface area contributed by atoms with Gasteiger partial charge in [-0.25, -0.2) is 0 Å². The van der Waals surface area contributed by atoms with Crippen LogP contribution in [0.3, 0.4) is 0 Å². The van der Waals surface area contributed by atoms with E-state index in [9.17, 15) is 0 Å². The summed E-state index contributed by atoms with van der Waals surface area (Å²) in [6, 6.07) is 7.74. The summed E-state index contributed by atoms with van der Waals surface area (Å²) in [6.07, 6.45) is 0. The largest absolute Gasteiger partial charge is 0.478 e. The Kier molecular flexibility index (Phi) is 2.91. The summed E-state index contributed by atoms with van der Waals surface area (Å²) in [5.74, 6) is 0.248. The molecule has 0 unspecified atom stereocenters. The van der Waals surface area contributed by atoms with Crippen molar-refractivity contribution in [2.45, 2.75) is 6.92 Å². The molecule has 0 bridgehead atoms. The summed E-state index contributed by atoms with van der Waals surface area (Å²) in [4.78, 5) is 0. The van der Waals surface area contributed by atoms with Gasteiger partial charge in [-0.2, -0.15) is 0 Å². The highest BCUT2D eigenvalue weighted by atomic mass is 16.5. The molecule has 0 spiro atoms. The Morgan fingerprint density at radius 3 is 2.50 bits per heavy atom. The molecule has 0 heterocycles. The lowest BCUT2D eigenvalue weighted by Crippen LogP contribution is -2.07. The fourth-order valence-electron chi connectivity index (χ4n) is 0.933. The molecular weight excluding hydrogens is 149 g/mol. The molecule has 1 aromatic rings. The van der Waals surface area contributed by atoms with Crippen LogP contribution in [0.2, 0.25) is 0 Å². The molecule has 12 heavy (non-hydrogen) atoms. The molecular formula is C9H12BNO. The maximum Gasteiger partial charge on any atom is 0.213 e. The Labute approximate surface area is 73.5 Å². The van der Waals surface area contributed by atoms with Crippen LogP contribution in [0, 0.1) is 5.41 Å². The van der Waals surface area contributed by atoms with Gasteiger partial charge in [-0.1, -0.05) is 29.7 Å². The molecule has 0 aliphatic carbocycles. The predicted octanol–water partition coefficient (Wildman–Crippen LogP) is 0.307. The lowest BCUT2D eigenvalue weighted by Gasteiger charge is -2.04. The number of benzene rings is 1. The van der Waals surface area contributed by atoms with Crippen LogP contribution in [-0.2, 0) is 4.74 Å². The Balaban J connectivity index is 2.75. The topological polar surface area (TPSA) is 33.1 Å². The molecule has 2 nitrogen and oxygen atoms in total. The first kappa shape index (κ1) is 8.85. The normalized spacial score (nSPS) is 9.42. The Bertz CT molecular complexity index is 268. The Hall–Kier alpha value is -1.25. The van der Waals surface area contributed by atoms with E-state index in [-0.39, 0.29) is 5.90 Å². The summed E-state index contributed by atoms with van der Waals surface area (Å²) < 4.78 is 5.05. The van der Waals surface area contributed by atoms with E-state index in [0.29, 0.717) is 6.61 Å². The molecule has 0 aliphatic rings. The van der Waals surface area contributed by atoms with Crippen molar-refractivity contribution >= 4 is 19.2 Å². The summed E-state index contributed by atoms with van der Waals surface area (Å²) in [5, 5.41) is 7.48. The van der Waals surface area contributed by atoms with E-state index in [0.717, 1.165) is 5.56 Å². The SMILES string of the molecule is Bc1ccc(C(=N)OCC)cc1. The zero-order valence-corrected chi connectivity index (χ0v) is 7.42. The van der Waals surface area contributed by atoms with Gasteiger partial charge in [-0.15, -0.1) is 0 Å². The van der Waals surface area contributed by atoms with E-state index in [2.05, 4.69) is 0 Å². The lowest BCUT2D eigenvalue weighted by molar-refractivity contribution is 0.325. The van der Waals surface area contributed by atoms with E-state index in [1.54, 1.807) is 0 Å². The highest BCUT2D eigenvalue weighted by Gasteiger charge is 1.99. The molecule has 62 valence electrons. The van der Waals surface area contributed by atoms with Crippen molar-refractivity contribution in [2.75, 3.05) is 6.61 Å². The molecule has 0 aromatic heterocycles. The number of nitrogens with one attached hydrogen (secondary N) is 1. The van der Waals surface area contributed by atoms with Crippen molar-refractivity contribution in [2.24, 2.45) is 0 Å². The third-order valence-electron chi connectivity index (χ3n) is 1.60. The first-order valence-corrected chi connectivity index (χ1v) is 4.02. The average Bonchev–Trinajstić information content (AvgIpc) is 2.06. The quantitative estimate of drug-likeness (QED) is 0.378. The number of ether oxygens (including phenoxy) is 1. The van der Waals surface area contributed by atoms with Crippen LogP contribution in [0.1, 0.15) is 12.5 Å². The van der Waals surface area contributed by atoms with Gasteiger partial charge < -0.3 is 4.74 Å². The van der Waals surface area contributed by atoms with Crippen molar-refractivity contribution in [3.8, 4) is 0 Å². The lowest BCUT2D eigenvalue weighted by atomic mass is 9.95. The summed E-state index contributed by atoms with van der Waals surface area (Å²) in [6.45, 7) is 2.43. The second-order valence-electron chi connectivity index (χ2n) is 2.63. The van der Waals surface area contributed by atoms with Gasteiger partial charge in [0.05, 0.1) is 6.61 Å². The molecule has 0 saturated heterocycles. The Morgan fingerprint density at radius 1 is 1.42 bits per heavy atom. The van der Waals surface area contributed by atoms with Crippen molar-refractivity contribution in [3.05, 3.63) is 29.8 Å². The third kappa shape index (κ3) is 2.12. The maximum absolute atomic E-state index is 7.48. The number of hydrogen-bond acceptors (Lipinski definition) is 2. The van der Waals surface area contributed by atoms with Gasteiger partial charge in [0.1, 0.15) is 7.85 Å². The fraction of sp³-hybridized carbons (Fsp3) is 0.222. The van der Waals surface area contributed by atoms with Gasteiger partial charge in [-0.05, 0) is 6.92 Å². The van der Waals surface area contributed by atoms with Crippen LogP contribution in [0.4, 0.5) is 0 Å². The van der Waals surface area contributed by atoms with Crippen molar-refractivity contribution < 1.29 is 4.74 Å². The van der Waals surface area contributed by atoms with E-state index >= 15 is 0 Å². The van der Waals surface area contributed by atoms with E-state index in [1.807, 2.05) is 39.0 Å². The van der Waals surface area contributed by atoms with Crippen LogP contribution in [0.5, 0.6) is 0 Å². The smallest absolute Gasteiger partial charge is 0.213 e. The molecule has 0 aliphatic heterocycles. The molecule has 1 N–H and O–H groups in total. The van der Waals surface area contributed by atoms with Gasteiger partial charge in [0, 0.05) is 5.56 Å². The van der Waals surface area contributed by atoms with Crippen LogP contribution >= 0.6 is 0 Å². The first-order valence-electron chi connectivity index (χ1n) is 4.02. The van der Waals surface area contributed by atoms with Gasteiger partial charge in [0.15, 0.2) is 0 Å². The summed E-state index contributed by atoms with van der Waals surface area (Å²) >= 11 is 0. The first-order chi connectivity index (χ1) is 5.74. The van der Waals surface area contributed by atoms with E-state index in [4.69, 9.17) is 10.1 Å². The zero-order valence-electron chi connectivity index (χ0n) is 7.42. The molecule has 1 aromatic carbocycles. The second kappa shape index (κ2) is 3.95. The van der Waals surface area contributed by atoms with E-state index < -0.39 is 0 Å². The number of rotatable bonds is 2. The monoisotopic (exact) mass is 161 g/mol. The molecule has 0 saturated carbocycles. The molecule has 3 heteroatoms. The molecule has 0 atom stereocenters. The minimum Gasteiger partial charge on any atom is -0.478 e. The average molecular weight is 161 g/mol. The van der Waals surface area contributed by atoms with Crippen molar-refractivity contribution in [3.63, 3.8) is 0 Å². The van der Waals surface area contributed by atoms with Gasteiger partial charge >= 0.3 is 0 Å². The highest BCUT2D eigenvalue weighted by molar-refractivity contribution is 6.32. The van der Waals surface area contributed by atoms with Crippen molar-refractivity contribution in [1.82, 2.24) is 0 Å². The second-order valence-corrected chi connectivity index (χ2v) is 2.63. The fourth-order valence-corrected chi connectivity index (χ4v) is 0.933. The summed E-state index contributed by atoms with van der Waals surface area (Å²) in [5.41, 5.74) is 2.03. The standard InChI is InChI=1S/C9H12BNO/c1-2-12-9(11)7-3-5-8(10)6-4-7/h3-6,11H,2,10H2,1H3. The molecule has 0 amide bonds. The van der Waals surface area contributed by atoms with Crippen LogP contribution in [-0.4, -0.2) is 20.4 Å². The predicted molar refractivity (Wildman–Crippen MR) is 53.1 cm³/mol. The third-order valence-corrected chi connectivity index (χ3v) is 1.60. The molecule has 0 fully saturated rings. The summed E-state index contributed by atoms with van der Waals surface area (Å²) in [7, 11) is 2.02. The van der Waals surface area contributed by atoms with Crippen LogP contribution < -0.4 is 5.46 Å². The zero-order chi connectivity index (χ0) is 8.97. The van der Waals surface area contributed by atoms with E-state index in [1.165, 1.54) is 5.46 Å². The minimum absolute atomic E-state index is 0.248.